The van der Waals surface area contributed by atoms with Crippen LogP contribution in [0.2, 0.25) is 0 Å². The smallest absolute Gasteiger partial charge is 0.310 e. The Morgan fingerprint density at radius 1 is 0.912 bits per heavy atom. The summed E-state index contributed by atoms with van der Waals surface area (Å²) >= 11 is 4.92. The molecule has 0 aliphatic heterocycles. The number of carbonyl (C=O) groups excluding carboxylic acids is 2. The molecule has 3 N–H and O–H groups in total. The van der Waals surface area contributed by atoms with Crippen LogP contribution in [0.5, 0.6) is 5.75 Å². The third-order valence-corrected chi connectivity index (χ3v) is 4.36. The van der Waals surface area contributed by atoms with Crippen LogP contribution >= 0.6 is 12.2 Å². The van der Waals surface area contributed by atoms with Crippen molar-refractivity contribution in [3.05, 3.63) is 86.7 Å². The van der Waals surface area contributed by atoms with Crippen molar-refractivity contribution in [2.75, 3.05) is 6.61 Å². The van der Waals surface area contributed by atoms with E-state index in [9.17, 15) is 29.8 Å². The van der Waals surface area contributed by atoms with Crippen LogP contribution in [-0.4, -0.2) is 33.4 Å². The molecule has 34 heavy (non-hydrogen) atoms. The molecule has 174 valence electrons. The fourth-order valence-corrected chi connectivity index (χ4v) is 2.82. The Balaban J connectivity index is 1.51. The molecule has 0 radical (unpaired) electrons. The van der Waals surface area contributed by atoms with Crippen molar-refractivity contribution in [1.82, 2.24) is 16.2 Å². The van der Waals surface area contributed by atoms with Gasteiger partial charge in [-0.05, 0) is 36.5 Å². The van der Waals surface area contributed by atoms with E-state index in [2.05, 4.69) is 16.2 Å². The molecule has 0 saturated heterocycles. The normalized spacial score (nSPS) is 10.1. The van der Waals surface area contributed by atoms with Gasteiger partial charge in [0.25, 0.3) is 17.5 Å². The zero-order valence-corrected chi connectivity index (χ0v) is 17.9. The van der Waals surface area contributed by atoms with E-state index in [0.29, 0.717) is 0 Å². The number of furan rings is 1. The van der Waals surface area contributed by atoms with Crippen molar-refractivity contribution in [3.63, 3.8) is 0 Å². The molecule has 0 aliphatic rings. The molecule has 0 unspecified atom stereocenters. The molecule has 0 spiro atoms. The lowest BCUT2D eigenvalue weighted by Crippen LogP contribution is -2.49. The van der Waals surface area contributed by atoms with Crippen LogP contribution in [0.3, 0.4) is 0 Å². The number of nitrogens with one attached hydrogen (secondary N) is 3. The Kier molecular flexibility index (Phi) is 7.45. The lowest BCUT2D eigenvalue weighted by atomic mass is 10.1. The molecule has 14 heteroatoms. The minimum Gasteiger partial charge on any atom is -0.477 e. The fourth-order valence-electron chi connectivity index (χ4n) is 2.68. The van der Waals surface area contributed by atoms with Crippen molar-refractivity contribution >= 4 is 40.5 Å². The Bertz CT molecular complexity index is 1280. The number of hydrogen-bond donors (Lipinski definition) is 3. The number of amides is 2. The summed E-state index contributed by atoms with van der Waals surface area (Å²) < 4.78 is 10.5. The van der Waals surface area contributed by atoms with Crippen LogP contribution in [0.25, 0.3) is 11.3 Å². The first kappa shape index (κ1) is 23.8. The first-order valence-corrected chi connectivity index (χ1v) is 9.77. The van der Waals surface area contributed by atoms with Gasteiger partial charge < -0.3 is 9.15 Å². The summed E-state index contributed by atoms with van der Waals surface area (Å²) in [5, 5.41) is 24.1. The highest BCUT2D eigenvalue weighted by Gasteiger charge is 2.20. The molecular formula is C20H15N5O8S. The number of ether oxygens (including phenoxy) is 1. The molecule has 13 nitrogen and oxygen atoms in total. The first-order chi connectivity index (χ1) is 16.3. The summed E-state index contributed by atoms with van der Waals surface area (Å²) in [7, 11) is 0. The van der Waals surface area contributed by atoms with Gasteiger partial charge in [0.05, 0.1) is 15.4 Å². The number of benzene rings is 2. The molecule has 3 aromatic rings. The molecule has 0 fully saturated rings. The van der Waals surface area contributed by atoms with Gasteiger partial charge in [0.15, 0.2) is 23.2 Å². The molecule has 3 rings (SSSR count). The summed E-state index contributed by atoms with van der Waals surface area (Å²) in [4.78, 5) is 45.1. The molecule has 1 heterocycles. The van der Waals surface area contributed by atoms with Gasteiger partial charge in [-0.2, -0.15) is 0 Å². The van der Waals surface area contributed by atoms with E-state index in [1.807, 2.05) is 0 Å². The van der Waals surface area contributed by atoms with Gasteiger partial charge in [-0.1, -0.05) is 24.3 Å². The van der Waals surface area contributed by atoms with Gasteiger partial charge in [0.2, 0.25) is 0 Å². The van der Waals surface area contributed by atoms with Crippen molar-refractivity contribution in [2.45, 2.75) is 0 Å². The average molecular weight is 485 g/mol. The van der Waals surface area contributed by atoms with Crippen LogP contribution in [0.15, 0.2) is 65.1 Å². The second-order valence-electron chi connectivity index (χ2n) is 6.41. The zero-order valence-electron chi connectivity index (χ0n) is 17.0. The first-order valence-electron chi connectivity index (χ1n) is 9.36. The molecule has 1 aromatic heterocycles. The summed E-state index contributed by atoms with van der Waals surface area (Å²) in [6.07, 6.45) is 0. The second kappa shape index (κ2) is 10.6. The van der Waals surface area contributed by atoms with E-state index < -0.39 is 28.3 Å². The topological polar surface area (TPSA) is 179 Å². The number of thiocarbonyl (C=S) groups is 1. The molecule has 2 aromatic carbocycles. The SMILES string of the molecule is O=C(COc1ccccc1[N+](=O)[O-])NNC(=S)NC(=O)c1ccc(-c2ccccc2[N+](=O)[O-])o1. The Labute approximate surface area is 196 Å². The monoisotopic (exact) mass is 485 g/mol. The number of carbonyl (C=O) groups is 2. The lowest BCUT2D eigenvalue weighted by molar-refractivity contribution is -0.385. The van der Waals surface area contributed by atoms with Crippen molar-refractivity contribution in [1.29, 1.82) is 0 Å². The molecule has 0 bridgehead atoms. The maximum absolute atomic E-state index is 12.3. The molecule has 0 saturated carbocycles. The van der Waals surface area contributed by atoms with Crippen LogP contribution < -0.4 is 20.9 Å². The quantitative estimate of drug-likeness (QED) is 0.256. The summed E-state index contributed by atoms with van der Waals surface area (Å²) in [6.45, 7) is -0.564. The highest BCUT2D eigenvalue weighted by atomic mass is 32.1. The minimum atomic E-state index is -0.771. The summed E-state index contributed by atoms with van der Waals surface area (Å²) in [5.74, 6) is -1.66. The molecule has 0 aliphatic carbocycles. The number of hydrogen-bond acceptors (Lipinski definition) is 9. The van der Waals surface area contributed by atoms with Crippen LogP contribution in [-0.2, 0) is 4.79 Å². The fraction of sp³-hybridized carbons (Fsp3) is 0.0500. The maximum Gasteiger partial charge on any atom is 0.310 e. The van der Waals surface area contributed by atoms with Crippen LogP contribution in [0.4, 0.5) is 11.4 Å². The third kappa shape index (κ3) is 5.89. The van der Waals surface area contributed by atoms with Crippen molar-refractivity contribution in [3.8, 4) is 17.1 Å². The predicted octanol–water partition coefficient (Wildman–Crippen LogP) is 2.48. The largest absolute Gasteiger partial charge is 0.477 e. The number of nitro groups is 2. The van der Waals surface area contributed by atoms with E-state index in [4.69, 9.17) is 21.4 Å². The predicted molar refractivity (Wildman–Crippen MR) is 121 cm³/mol. The standard InChI is InChI=1S/C20H15N5O8S/c26-18(11-32-16-8-4-3-7-14(16)25(30)31)22-23-20(34)21-19(27)17-10-9-15(33-17)12-5-1-2-6-13(12)24(28)29/h1-10H,11H2,(H,22,26)(H2,21,23,27,34). The van der Waals surface area contributed by atoms with E-state index in [0.717, 1.165) is 0 Å². The van der Waals surface area contributed by atoms with E-state index in [1.54, 1.807) is 6.07 Å². The van der Waals surface area contributed by atoms with E-state index >= 15 is 0 Å². The van der Waals surface area contributed by atoms with E-state index in [1.165, 1.54) is 54.6 Å². The number of para-hydroxylation sites is 3. The minimum absolute atomic E-state index is 0.0918. The summed E-state index contributed by atoms with van der Waals surface area (Å²) in [6, 6.07) is 14.1. The molecule has 2 amide bonds. The van der Waals surface area contributed by atoms with Crippen molar-refractivity contribution in [2.24, 2.45) is 0 Å². The number of rotatable bonds is 7. The lowest BCUT2D eigenvalue weighted by Gasteiger charge is -2.11. The van der Waals surface area contributed by atoms with Gasteiger partial charge in [0, 0.05) is 12.1 Å². The van der Waals surface area contributed by atoms with Crippen molar-refractivity contribution < 1.29 is 28.6 Å². The van der Waals surface area contributed by atoms with Gasteiger partial charge in [-0.3, -0.25) is 46.0 Å². The van der Waals surface area contributed by atoms with Gasteiger partial charge in [-0.25, -0.2) is 0 Å². The second-order valence-corrected chi connectivity index (χ2v) is 6.82. The summed E-state index contributed by atoms with van der Waals surface area (Å²) in [5.41, 5.74) is 4.14. The number of nitrogens with zero attached hydrogens (tertiary/aromatic N) is 2. The van der Waals surface area contributed by atoms with E-state index in [-0.39, 0.29) is 39.3 Å². The average Bonchev–Trinajstić information content (AvgIpc) is 3.32. The van der Waals surface area contributed by atoms with Gasteiger partial charge >= 0.3 is 5.69 Å². The zero-order chi connectivity index (χ0) is 24.7. The van der Waals surface area contributed by atoms with Crippen LogP contribution in [0.1, 0.15) is 10.6 Å². The van der Waals surface area contributed by atoms with Crippen LogP contribution in [0, 0.1) is 20.2 Å². The Morgan fingerprint density at radius 2 is 1.56 bits per heavy atom. The number of nitro benzene ring substituents is 2. The maximum atomic E-state index is 12.3. The van der Waals surface area contributed by atoms with Gasteiger partial charge in [-0.15, -0.1) is 0 Å². The van der Waals surface area contributed by atoms with Gasteiger partial charge in [0.1, 0.15) is 5.76 Å². The Hall–Kier alpha value is -4.85. The highest BCUT2D eigenvalue weighted by molar-refractivity contribution is 7.80. The third-order valence-electron chi connectivity index (χ3n) is 4.16. The number of hydrazine groups is 1. The highest BCUT2D eigenvalue weighted by Crippen LogP contribution is 2.30. The Morgan fingerprint density at radius 3 is 2.26 bits per heavy atom. The molecular weight excluding hydrogens is 470 g/mol. The molecule has 0 atom stereocenters.